The molecule has 5 rings (SSSR count). The van der Waals surface area contributed by atoms with Crippen molar-refractivity contribution in [2.75, 3.05) is 10.6 Å². The Morgan fingerprint density at radius 2 is 1.26 bits per heavy atom. The highest BCUT2D eigenvalue weighted by Crippen LogP contribution is 2.48. The molecule has 0 amide bonds. The number of anilines is 2. The van der Waals surface area contributed by atoms with Crippen molar-refractivity contribution < 1.29 is 4.92 Å². The molecule has 2 aliphatic rings. The molecule has 2 atom stereocenters. The maximum Gasteiger partial charge on any atom is 0.270 e. The topological polar surface area (TPSA) is 67.2 Å². The van der Waals surface area contributed by atoms with E-state index in [1.165, 1.54) is 45.9 Å². The summed E-state index contributed by atoms with van der Waals surface area (Å²) >= 11 is 3.57. The highest BCUT2D eigenvalue weighted by atomic mass is 79.9. The van der Waals surface area contributed by atoms with Gasteiger partial charge in [0.05, 0.1) is 4.92 Å². The Bertz CT molecular complexity index is 1310. The molecule has 3 aromatic carbocycles. The maximum atomic E-state index is 11.0. The summed E-state index contributed by atoms with van der Waals surface area (Å²) in [7, 11) is 0. The summed E-state index contributed by atoms with van der Waals surface area (Å²) in [6.45, 7) is 13.6. The summed E-state index contributed by atoms with van der Waals surface area (Å²) in [5.41, 5.74) is 7.83. The third kappa shape index (κ3) is 4.72. The van der Waals surface area contributed by atoms with Gasteiger partial charge in [-0.15, -0.1) is 0 Å². The minimum absolute atomic E-state index is 0.131. The highest BCUT2D eigenvalue weighted by molar-refractivity contribution is 9.10. The Morgan fingerprint density at radius 1 is 0.763 bits per heavy atom. The summed E-state index contributed by atoms with van der Waals surface area (Å²) in [5, 5.41) is 18.2. The predicted octanol–water partition coefficient (Wildman–Crippen LogP) is 9.45. The van der Waals surface area contributed by atoms with Crippen LogP contribution in [0.1, 0.15) is 78.4 Å². The highest BCUT2D eigenvalue weighted by Gasteiger charge is 2.42. The number of halogens is 1. The SMILES string of the molecule is CCC1(CC)c2cc(-c3cccc([N+](=O)[O-])c3)ccc2NC1C.CCC1(CC)c2cc(Br)ccc2NC1C. The van der Waals surface area contributed by atoms with E-state index in [2.05, 4.69) is 98.4 Å². The smallest absolute Gasteiger partial charge is 0.270 e. The van der Waals surface area contributed by atoms with Crippen LogP contribution in [-0.2, 0) is 10.8 Å². The van der Waals surface area contributed by atoms with Crippen LogP contribution >= 0.6 is 15.9 Å². The quantitative estimate of drug-likeness (QED) is 0.226. The van der Waals surface area contributed by atoms with Gasteiger partial charge in [-0.2, -0.15) is 0 Å². The number of hydrogen-bond donors (Lipinski definition) is 2. The minimum atomic E-state index is -0.344. The van der Waals surface area contributed by atoms with Crippen LogP contribution in [0.5, 0.6) is 0 Å². The first-order chi connectivity index (χ1) is 18.1. The average Bonchev–Trinajstić information content (AvgIpc) is 3.37. The summed E-state index contributed by atoms with van der Waals surface area (Å²) in [5.74, 6) is 0. The van der Waals surface area contributed by atoms with Gasteiger partial charge in [0.15, 0.2) is 0 Å². The van der Waals surface area contributed by atoms with Crippen molar-refractivity contribution in [2.24, 2.45) is 0 Å². The van der Waals surface area contributed by atoms with E-state index in [1.54, 1.807) is 12.1 Å². The molecule has 0 fully saturated rings. The molecule has 3 aromatic rings. The normalized spacial score (nSPS) is 19.9. The molecule has 0 aromatic heterocycles. The van der Waals surface area contributed by atoms with E-state index in [0.717, 1.165) is 24.0 Å². The van der Waals surface area contributed by atoms with Crippen molar-refractivity contribution in [1.29, 1.82) is 0 Å². The van der Waals surface area contributed by atoms with Crippen LogP contribution in [0.3, 0.4) is 0 Å². The molecule has 202 valence electrons. The standard InChI is InChI=1S/C19H22N2O2.C13H18BrN/c1-4-19(5-2)13(3)20-18-10-9-15(12-17(18)19)14-7-6-8-16(11-14)21(22)23;1-4-13(5-2)9(3)15-12-7-6-10(14)8-11(12)13/h6-13,20H,4-5H2,1-3H3;6-9,15H,4-5H2,1-3H3. The van der Waals surface area contributed by atoms with E-state index in [9.17, 15) is 10.1 Å². The van der Waals surface area contributed by atoms with Crippen LogP contribution in [-0.4, -0.2) is 17.0 Å². The molecular formula is C32H40BrN3O2. The zero-order valence-corrected chi connectivity index (χ0v) is 25.0. The van der Waals surface area contributed by atoms with Crippen molar-refractivity contribution in [3.63, 3.8) is 0 Å². The second-order valence-electron chi connectivity index (χ2n) is 10.7. The van der Waals surface area contributed by atoms with E-state index >= 15 is 0 Å². The molecule has 2 N–H and O–H groups in total. The Kier molecular flexibility index (Phi) is 8.22. The lowest BCUT2D eigenvalue weighted by molar-refractivity contribution is -0.384. The first-order valence-electron chi connectivity index (χ1n) is 13.9. The van der Waals surface area contributed by atoms with Crippen LogP contribution in [0.15, 0.2) is 65.1 Å². The van der Waals surface area contributed by atoms with Crippen LogP contribution in [0.2, 0.25) is 0 Å². The number of nitro groups is 1. The van der Waals surface area contributed by atoms with Gasteiger partial charge in [0.1, 0.15) is 0 Å². The lowest BCUT2D eigenvalue weighted by Crippen LogP contribution is -2.35. The first kappa shape index (κ1) is 28.2. The van der Waals surface area contributed by atoms with Crippen molar-refractivity contribution >= 4 is 33.0 Å². The molecule has 5 nitrogen and oxygen atoms in total. The second kappa shape index (κ2) is 11.1. The Labute approximate surface area is 235 Å². The van der Waals surface area contributed by atoms with Crippen molar-refractivity contribution in [2.45, 2.75) is 90.1 Å². The molecule has 2 aliphatic heterocycles. The van der Waals surface area contributed by atoms with E-state index in [4.69, 9.17) is 0 Å². The third-order valence-corrected chi connectivity index (χ3v) is 9.88. The van der Waals surface area contributed by atoms with Gasteiger partial charge in [0, 0.05) is 50.9 Å². The first-order valence-corrected chi connectivity index (χ1v) is 14.7. The van der Waals surface area contributed by atoms with Crippen molar-refractivity contribution in [3.8, 4) is 11.1 Å². The number of fused-ring (bicyclic) bond motifs is 2. The molecule has 0 radical (unpaired) electrons. The van der Waals surface area contributed by atoms with Gasteiger partial charge in [0.25, 0.3) is 5.69 Å². The number of rotatable bonds is 6. The number of nitrogens with zero attached hydrogens (tertiary/aromatic N) is 1. The maximum absolute atomic E-state index is 11.0. The van der Waals surface area contributed by atoms with Gasteiger partial charge < -0.3 is 10.6 Å². The second-order valence-corrected chi connectivity index (χ2v) is 11.6. The Morgan fingerprint density at radius 3 is 1.79 bits per heavy atom. The summed E-state index contributed by atoms with van der Waals surface area (Å²) in [6.07, 6.45) is 4.54. The minimum Gasteiger partial charge on any atom is -0.381 e. The monoisotopic (exact) mass is 577 g/mol. The zero-order chi connectivity index (χ0) is 27.7. The van der Waals surface area contributed by atoms with Crippen molar-refractivity contribution in [1.82, 2.24) is 0 Å². The number of benzene rings is 3. The van der Waals surface area contributed by atoms with E-state index in [-0.39, 0.29) is 16.0 Å². The Balaban J connectivity index is 0.000000194. The molecule has 0 spiro atoms. The van der Waals surface area contributed by atoms with Gasteiger partial charge in [-0.3, -0.25) is 10.1 Å². The molecule has 0 bridgehead atoms. The van der Waals surface area contributed by atoms with Gasteiger partial charge in [-0.05, 0) is 92.1 Å². The largest absolute Gasteiger partial charge is 0.381 e. The fraction of sp³-hybridized carbons (Fsp3) is 0.438. The third-order valence-electron chi connectivity index (χ3n) is 9.39. The van der Waals surface area contributed by atoms with E-state index in [1.807, 2.05) is 12.1 Å². The van der Waals surface area contributed by atoms with Gasteiger partial charge in [-0.1, -0.05) is 61.8 Å². The number of hydrogen-bond acceptors (Lipinski definition) is 4. The molecule has 6 heteroatoms. The van der Waals surface area contributed by atoms with Gasteiger partial charge >= 0.3 is 0 Å². The molecular weight excluding hydrogens is 538 g/mol. The molecule has 0 aliphatic carbocycles. The van der Waals surface area contributed by atoms with Crippen LogP contribution in [0.25, 0.3) is 11.1 Å². The summed E-state index contributed by atoms with van der Waals surface area (Å²) in [6, 6.07) is 20.7. The van der Waals surface area contributed by atoms with Crippen LogP contribution < -0.4 is 10.6 Å². The van der Waals surface area contributed by atoms with E-state index in [0.29, 0.717) is 17.5 Å². The molecule has 2 heterocycles. The fourth-order valence-corrected chi connectivity index (χ4v) is 7.17. The molecule has 38 heavy (non-hydrogen) atoms. The van der Waals surface area contributed by atoms with Crippen LogP contribution in [0.4, 0.5) is 17.1 Å². The molecule has 2 unspecified atom stereocenters. The Hall–Kier alpha value is -2.86. The lowest BCUT2D eigenvalue weighted by Gasteiger charge is -2.32. The van der Waals surface area contributed by atoms with Gasteiger partial charge in [-0.25, -0.2) is 0 Å². The van der Waals surface area contributed by atoms with Crippen molar-refractivity contribution in [3.05, 3.63) is 86.4 Å². The summed E-state index contributed by atoms with van der Waals surface area (Å²) < 4.78 is 1.18. The predicted molar refractivity (Wildman–Crippen MR) is 163 cm³/mol. The molecule has 0 saturated heterocycles. The summed E-state index contributed by atoms with van der Waals surface area (Å²) in [4.78, 5) is 10.7. The lowest BCUT2D eigenvalue weighted by atomic mass is 9.72. The number of nitro benzene ring substituents is 1. The van der Waals surface area contributed by atoms with Crippen LogP contribution in [0, 0.1) is 10.1 Å². The number of non-ortho nitro benzene ring substituents is 1. The van der Waals surface area contributed by atoms with Gasteiger partial charge in [0.2, 0.25) is 0 Å². The van der Waals surface area contributed by atoms with E-state index < -0.39 is 0 Å². The zero-order valence-electron chi connectivity index (χ0n) is 23.4. The average molecular weight is 579 g/mol. The fourth-order valence-electron chi connectivity index (χ4n) is 6.81. The molecule has 0 saturated carbocycles. The number of nitrogens with one attached hydrogen (secondary N) is 2.